The van der Waals surface area contributed by atoms with Gasteiger partial charge in [-0.2, -0.15) is 0 Å². The van der Waals surface area contributed by atoms with Crippen LogP contribution in [0.2, 0.25) is 10.0 Å². The molecule has 1 atom stereocenters. The molecule has 2 N–H and O–H groups in total. The van der Waals surface area contributed by atoms with E-state index in [0.717, 1.165) is 78.3 Å². The van der Waals surface area contributed by atoms with Crippen molar-refractivity contribution in [3.8, 4) is 0 Å². The Morgan fingerprint density at radius 3 is 2.60 bits per heavy atom. The molecule has 0 bridgehead atoms. The number of hydrogen-bond acceptors (Lipinski definition) is 5. The Labute approximate surface area is 274 Å². The Hall–Kier alpha value is -3.78. The van der Waals surface area contributed by atoms with Gasteiger partial charge in [0.2, 0.25) is 5.95 Å². The highest BCUT2D eigenvalue weighted by Crippen LogP contribution is 2.30. The van der Waals surface area contributed by atoms with Crippen LogP contribution < -0.4 is 5.32 Å². The average molecular weight is 645 g/mol. The molecule has 234 valence electrons. The number of nitrogens with zero attached hydrogens (tertiary/aromatic N) is 3. The largest absolute Gasteiger partial charge is 0.469 e. The molecular formula is C36H39Cl2N5O2. The number of amides is 1. The highest BCUT2D eigenvalue weighted by atomic mass is 35.5. The van der Waals surface area contributed by atoms with Crippen molar-refractivity contribution in [3.63, 3.8) is 0 Å². The molecule has 1 fully saturated rings. The molecule has 45 heavy (non-hydrogen) atoms. The number of carbonyl (C=O) groups is 1. The van der Waals surface area contributed by atoms with Crippen molar-refractivity contribution in [2.24, 2.45) is 0 Å². The number of carbonyl (C=O) groups excluding carboxylic acids is 1. The summed E-state index contributed by atoms with van der Waals surface area (Å²) in [6.07, 6.45) is 5.38. The standard InChI is InChI=1S/C36H39Cl2N5O2/c1-24-8-10-25(11-9-24)35(44)42(2)23-28(26-12-13-31(37)32(38)22-26)14-17-43-18-15-29(16-19-43)39-36-40-33-7-3-5-27(34(33)41-36)21-30-6-4-20-45-30/h3-13,20,22,28-29H,14-19,21,23H2,1-2H3,(H2,39,40,41). The summed E-state index contributed by atoms with van der Waals surface area (Å²) in [6, 6.07) is 24.1. The van der Waals surface area contributed by atoms with E-state index in [1.807, 2.05) is 73.5 Å². The van der Waals surface area contributed by atoms with Gasteiger partial charge in [0.05, 0.1) is 27.3 Å². The van der Waals surface area contributed by atoms with E-state index in [-0.39, 0.29) is 11.8 Å². The van der Waals surface area contributed by atoms with Crippen LogP contribution in [0.15, 0.2) is 83.5 Å². The molecule has 3 aromatic carbocycles. The number of hydrogen-bond donors (Lipinski definition) is 2. The van der Waals surface area contributed by atoms with Gasteiger partial charge >= 0.3 is 0 Å². The number of H-pyrrole nitrogens is 1. The summed E-state index contributed by atoms with van der Waals surface area (Å²) in [4.78, 5) is 25.9. The van der Waals surface area contributed by atoms with E-state index in [9.17, 15) is 4.79 Å². The summed E-state index contributed by atoms with van der Waals surface area (Å²) in [7, 11) is 1.88. The minimum Gasteiger partial charge on any atom is -0.469 e. The number of aryl methyl sites for hydroxylation is 1. The van der Waals surface area contributed by atoms with Crippen LogP contribution in [-0.2, 0) is 6.42 Å². The molecule has 3 heterocycles. The molecule has 1 amide bonds. The smallest absolute Gasteiger partial charge is 0.253 e. The number of likely N-dealkylation sites (N-methyl/N-ethyl adjacent to an activating group) is 1. The zero-order chi connectivity index (χ0) is 31.3. The number of fused-ring (bicyclic) bond motifs is 1. The van der Waals surface area contributed by atoms with Gasteiger partial charge in [0, 0.05) is 50.6 Å². The average Bonchev–Trinajstić information content (AvgIpc) is 3.71. The van der Waals surface area contributed by atoms with Crippen LogP contribution in [0.4, 0.5) is 5.95 Å². The molecule has 0 spiro atoms. The van der Waals surface area contributed by atoms with Crippen molar-refractivity contribution in [2.45, 2.75) is 44.6 Å². The Bertz CT molecular complexity index is 1730. The lowest BCUT2D eigenvalue weighted by Crippen LogP contribution is -2.40. The fourth-order valence-electron chi connectivity index (χ4n) is 6.20. The second-order valence-corrected chi connectivity index (χ2v) is 12.9. The quantitative estimate of drug-likeness (QED) is 0.152. The maximum absolute atomic E-state index is 13.2. The molecule has 1 unspecified atom stereocenters. The lowest BCUT2D eigenvalue weighted by atomic mass is 9.94. The number of halogens is 2. The number of aromatic nitrogens is 2. The van der Waals surface area contributed by atoms with E-state index in [2.05, 4.69) is 33.4 Å². The predicted molar refractivity (Wildman–Crippen MR) is 183 cm³/mol. The number of likely N-dealkylation sites (tertiary alicyclic amines) is 1. The predicted octanol–water partition coefficient (Wildman–Crippen LogP) is 8.18. The summed E-state index contributed by atoms with van der Waals surface area (Å²) in [5, 5.41) is 4.73. The molecule has 0 radical (unpaired) electrons. The number of imidazole rings is 1. The van der Waals surface area contributed by atoms with E-state index in [4.69, 9.17) is 32.6 Å². The maximum atomic E-state index is 13.2. The third-order valence-electron chi connectivity index (χ3n) is 8.82. The van der Waals surface area contributed by atoms with Crippen LogP contribution in [-0.4, -0.2) is 64.9 Å². The topological polar surface area (TPSA) is 77.4 Å². The summed E-state index contributed by atoms with van der Waals surface area (Å²) in [5.41, 5.74) is 6.08. The molecule has 6 rings (SSSR count). The molecule has 7 nitrogen and oxygen atoms in total. The van der Waals surface area contributed by atoms with Gasteiger partial charge in [0.15, 0.2) is 0 Å². The number of nitrogens with one attached hydrogen (secondary N) is 2. The van der Waals surface area contributed by atoms with Crippen molar-refractivity contribution < 1.29 is 9.21 Å². The minimum atomic E-state index is 0.0191. The SMILES string of the molecule is Cc1ccc(C(=O)N(C)CC(CCN2CCC(Nc3nc4c(Cc5ccco5)cccc4[nH]3)CC2)c2ccc(Cl)c(Cl)c2)cc1. The first-order valence-electron chi connectivity index (χ1n) is 15.6. The molecule has 0 aliphatic carbocycles. The fourth-order valence-corrected chi connectivity index (χ4v) is 6.50. The molecule has 1 aliphatic rings. The third kappa shape index (κ3) is 7.72. The van der Waals surface area contributed by atoms with E-state index in [1.54, 1.807) is 6.26 Å². The van der Waals surface area contributed by atoms with Crippen molar-refractivity contribution in [1.82, 2.24) is 19.8 Å². The minimum absolute atomic E-state index is 0.0191. The van der Waals surface area contributed by atoms with Crippen LogP contribution in [0.3, 0.4) is 0 Å². The number of furan rings is 1. The van der Waals surface area contributed by atoms with Crippen LogP contribution >= 0.6 is 23.2 Å². The fraction of sp³-hybridized carbons (Fsp3) is 0.333. The Morgan fingerprint density at radius 2 is 1.87 bits per heavy atom. The van der Waals surface area contributed by atoms with Crippen LogP contribution in [0.25, 0.3) is 11.0 Å². The van der Waals surface area contributed by atoms with E-state index in [1.165, 1.54) is 0 Å². The Kier molecular flexibility index (Phi) is 9.79. The Balaban J connectivity index is 1.06. The molecule has 0 saturated carbocycles. The first-order valence-corrected chi connectivity index (χ1v) is 16.3. The molecule has 1 saturated heterocycles. The van der Waals surface area contributed by atoms with Crippen LogP contribution in [0, 0.1) is 6.92 Å². The number of rotatable bonds is 11. The number of para-hydroxylation sites is 1. The van der Waals surface area contributed by atoms with Gasteiger partial charge in [0.1, 0.15) is 5.76 Å². The summed E-state index contributed by atoms with van der Waals surface area (Å²) in [6.45, 7) is 5.54. The highest BCUT2D eigenvalue weighted by Gasteiger charge is 2.24. The molecule has 5 aromatic rings. The zero-order valence-electron chi connectivity index (χ0n) is 25.7. The monoisotopic (exact) mass is 643 g/mol. The second-order valence-electron chi connectivity index (χ2n) is 12.1. The summed E-state index contributed by atoms with van der Waals surface area (Å²) < 4.78 is 5.56. The van der Waals surface area contributed by atoms with Crippen molar-refractivity contribution in [1.29, 1.82) is 0 Å². The summed E-state index contributed by atoms with van der Waals surface area (Å²) >= 11 is 12.7. The second kappa shape index (κ2) is 14.1. The third-order valence-corrected chi connectivity index (χ3v) is 9.56. The lowest BCUT2D eigenvalue weighted by molar-refractivity contribution is 0.0782. The van der Waals surface area contributed by atoms with Gasteiger partial charge in [-0.1, -0.05) is 59.1 Å². The number of anilines is 1. The van der Waals surface area contributed by atoms with Crippen molar-refractivity contribution >= 4 is 46.1 Å². The highest BCUT2D eigenvalue weighted by molar-refractivity contribution is 6.42. The van der Waals surface area contributed by atoms with Gasteiger partial charge in [-0.25, -0.2) is 4.98 Å². The molecular weight excluding hydrogens is 605 g/mol. The van der Waals surface area contributed by atoms with Gasteiger partial charge in [-0.3, -0.25) is 4.79 Å². The van der Waals surface area contributed by atoms with Crippen LogP contribution in [0.1, 0.15) is 58.0 Å². The molecule has 2 aromatic heterocycles. The molecule has 1 aliphatic heterocycles. The maximum Gasteiger partial charge on any atom is 0.253 e. The van der Waals surface area contributed by atoms with Gasteiger partial charge in [-0.05, 0) is 86.3 Å². The van der Waals surface area contributed by atoms with E-state index < -0.39 is 0 Å². The van der Waals surface area contributed by atoms with E-state index >= 15 is 0 Å². The Morgan fingerprint density at radius 1 is 1.07 bits per heavy atom. The number of benzene rings is 3. The number of aromatic amines is 1. The summed E-state index contributed by atoms with van der Waals surface area (Å²) in [5.74, 6) is 1.89. The van der Waals surface area contributed by atoms with Gasteiger partial charge in [0.25, 0.3) is 5.91 Å². The molecule has 9 heteroatoms. The van der Waals surface area contributed by atoms with E-state index in [0.29, 0.717) is 34.6 Å². The van der Waals surface area contributed by atoms with Crippen molar-refractivity contribution in [2.75, 3.05) is 38.5 Å². The van der Waals surface area contributed by atoms with Crippen LogP contribution in [0.5, 0.6) is 0 Å². The normalized spacial score (nSPS) is 14.9. The lowest BCUT2D eigenvalue weighted by Gasteiger charge is -2.34. The van der Waals surface area contributed by atoms with Crippen molar-refractivity contribution in [3.05, 3.63) is 117 Å². The first-order chi connectivity index (χ1) is 21.8. The van der Waals surface area contributed by atoms with Gasteiger partial charge in [-0.15, -0.1) is 0 Å². The van der Waals surface area contributed by atoms with Gasteiger partial charge < -0.3 is 24.5 Å². The zero-order valence-corrected chi connectivity index (χ0v) is 27.2. The number of piperidine rings is 1. The first kappa shape index (κ1) is 31.2.